The van der Waals surface area contributed by atoms with Gasteiger partial charge >= 0.3 is 0 Å². The van der Waals surface area contributed by atoms with Crippen LogP contribution >= 0.6 is 11.3 Å². The van der Waals surface area contributed by atoms with Crippen LogP contribution in [0.15, 0.2) is 56.5 Å². The van der Waals surface area contributed by atoms with E-state index in [2.05, 4.69) is 25.5 Å². The van der Waals surface area contributed by atoms with E-state index in [1.54, 1.807) is 17.5 Å². The highest BCUT2D eigenvalue weighted by atomic mass is 32.2. The van der Waals surface area contributed by atoms with Gasteiger partial charge in [0.1, 0.15) is 15.6 Å². The molecule has 0 aliphatic heterocycles. The number of anilines is 1. The van der Waals surface area contributed by atoms with Crippen LogP contribution in [0, 0.1) is 11.3 Å². The summed E-state index contributed by atoms with van der Waals surface area (Å²) in [6.45, 7) is 6.95. The first-order valence-corrected chi connectivity index (χ1v) is 13.2. The standard InChI is InChI=1S/C25H27NO3S2/c1-4-25(2,3)16-11-12-22-19(14-16)20-15-21(26-31(27,28)23-10-7-13-30-23)17-8-5-6-9-18(17)24(20)29-22/h5-10,13,15-16,26H,4,11-12,14H2,1-3H3/t16-/m0/s1. The molecule has 2 heterocycles. The maximum atomic E-state index is 13.0. The quantitative estimate of drug-likeness (QED) is 0.354. The summed E-state index contributed by atoms with van der Waals surface area (Å²) in [6.07, 6.45) is 4.17. The fourth-order valence-electron chi connectivity index (χ4n) is 4.75. The van der Waals surface area contributed by atoms with Crippen LogP contribution in [-0.4, -0.2) is 8.42 Å². The molecule has 6 heteroatoms. The van der Waals surface area contributed by atoms with Gasteiger partial charge in [0.15, 0.2) is 0 Å². The highest BCUT2D eigenvalue weighted by molar-refractivity contribution is 7.94. The molecule has 0 saturated carbocycles. The summed E-state index contributed by atoms with van der Waals surface area (Å²) in [5.41, 5.74) is 2.99. The molecule has 4 nitrogen and oxygen atoms in total. The van der Waals surface area contributed by atoms with Crippen molar-refractivity contribution in [2.75, 3.05) is 4.72 Å². The normalized spacial score (nSPS) is 17.2. The zero-order chi connectivity index (χ0) is 21.8. The molecular formula is C25H27NO3S2. The van der Waals surface area contributed by atoms with Gasteiger partial charge in [-0.05, 0) is 41.7 Å². The van der Waals surface area contributed by atoms with Gasteiger partial charge in [-0.3, -0.25) is 4.72 Å². The van der Waals surface area contributed by atoms with E-state index in [4.69, 9.17) is 4.42 Å². The molecule has 31 heavy (non-hydrogen) atoms. The van der Waals surface area contributed by atoms with Crippen molar-refractivity contribution in [3.8, 4) is 0 Å². The van der Waals surface area contributed by atoms with E-state index in [1.165, 1.54) is 16.9 Å². The van der Waals surface area contributed by atoms with Gasteiger partial charge in [0, 0.05) is 28.1 Å². The minimum absolute atomic E-state index is 0.266. The van der Waals surface area contributed by atoms with Crippen molar-refractivity contribution in [2.45, 2.75) is 50.7 Å². The van der Waals surface area contributed by atoms with E-state index in [0.717, 1.165) is 53.2 Å². The summed E-state index contributed by atoms with van der Waals surface area (Å²) in [7, 11) is -3.63. The van der Waals surface area contributed by atoms with Gasteiger partial charge in [-0.25, -0.2) is 8.42 Å². The molecule has 0 unspecified atom stereocenters. The van der Waals surface area contributed by atoms with Crippen molar-refractivity contribution in [3.05, 3.63) is 59.2 Å². The van der Waals surface area contributed by atoms with Crippen molar-refractivity contribution in [3.63, 3.8) is 0 Å². The first-order chi connectivity index (χ1) is 14.8. The number of hydrogen-bond donors (Lipinski definition) is 1. The van der Waals surface area contributed by atoms with Crippen LogP contribution in [0.25, 0.3) is 21.7 Å². The zero-order valence-corrected chi connectivity index (χ0v) is 19.7. The second-order valence-corrected chi connectivity index (χ2v) is 12.0. The lowest BCUT2D eigenvalue weighted by atomic mass is 9.69. The minimum atomic E-state index is -3.63. The smallest absolute Gasteiger partial charge is 0.271 e. The van der Waals surface area contributed by atoms with E-state index >= 15 is 0 Å². The van der Waals surface area contributed by atoms with Gasteiger partial charge in [0.05, 0.1) is 5.69 Å². The second-order valence-electron chi connectivity index (χ2n) is 9.17. The Morgan fingerprint density at radius 3 is 2.61 bits per heavy atom. The van der Waals surface area contributed by atoms with Crippen molar-refractivity contribution >= 4 is 48.8 Å². The van der Waals surface area contributed by atoms with Gasteiger partial charge in [-0.1, -0.05) is 57.5 Å². The Labute approximate surface area is 187 Å². The molecule has 0 amide bonds. The Hall–Kier alpha value is -2.31. The van der Waals surface area contributed by atoms with Crippen LogP contribution in [-0.2, 0) is 22.9 Å². The topological polar surface area (TPSA) is 59.3 Å². The van der Waals surface area contributed by atoms with E-state index < -0.39 is 10.0 Å². The molecular weight excluding hydrogens is 426 g/mol. The third-order valence-corrected chi connectivity index (χ3v) is 9.84. The predicted molar refractivity (Wildman–Crippen MR) is 128 cm³/mol. The molecule has 4 aromatic rings. The average molecular weight is 454 g/mol. The molecule has 0 saturated heterocycles. The number of hydrogen-bond acceptors (Lipinski definition) is 4. The van der Waals surface area contributed by atoms with Crippen LogP contribution in [0.3, 0.4) is 0 Å². The number of thiophene rings is 1. The van der Waals surface area contributed by atoms with Crippen LogP contribution < -0.4 is 4.72 Å². The number of aryl methyl sites for hydroxylation is 1. The lowest BCUT2D eigenvalue weighted by Gasteiger charge is -2.36. The highest BCUT2D eigenvalue weighted by Gasteiger charge is 2.34. The largest absolute Gasteiger partial charge is 0.460 e. The Bertz CT molecular complexity index is 1370. The maximum absolute atomic E-state index is 13.0. The third kappa shape index (κ3) is 3.46. The summed E-state index contributed by atoms with van der Waals surface area (Å²) in [6, 6.07) is 13.2. The van der Waals surface area contributed by atoms with Crippen molar-refractivity contribution in [2.24, 2.45) is 11.3 Å². The molecule has 1 aliphatic carbocycles. The monoisotopic (exact) mass is 453 g/mol. The van der Waals surface area contributed by atoms with Crippen molar-refractivity contribution < 1.29 is 12.8 Å². The number of fused-ring (bicyclic) bond motifs is 5. The summed E-state index contributed by atoms with van der Waals surface area (Å²) in [5, 5.41) is 4.61. The summed E-state index contributed by atoms with van der Waals surface area (Å²) >= 11 is 1.22. The highest BCUT2D eigenvalue weighted by Crippen LogP contribution is 2.45. The van der Waals surface area contributed by atoms with Gasteiger partial charge in [-0.15, -0.1) is 11.3 Å². The molecule has 1 aliphatic rings. The number of benzene rings is 2. The van der Waals surface area contributed by atoms with Gasteiger partial charge in [0.2, 0.25) is 0 Å². The lowest BCUT2D eigenvalue weighted by molar-refractivity contribution is 0.179. The average Bonchev–Trinajstić information content (AvgIpc) is 3.42. The van der Waals surface area contributed by atoms with Crippen LogP contribution in [0.4, 0.5) is 5.69 Å². The molecule has 0 radical (unpaired) electrons. The van der Waals surface area contributed by atoms with Crippen LogP contribution in [0.2, 0.25) is 0 Å². The molecule has 0 fully saturated rings. The van der Waals surface area contributed by atoms with Crippen molar-refractivity contribution in [1.82, 2.24) is 0 Å². The van der Waals surface area contributed by atoms with E-state index in [1.807, 2.05) is 30.3 Å². The number of furan rings is 1. The fourth-order valence-corrected chi connectivity index (χ4v) is 6.81. The van der Waals surface area contributed by atoms with E-state index in [0.29, 0.717) is 15.8 Å². The van der Waals surface area contributed by atoms with E-state index in [9.17, 15) is 8.42 Å². The molecule has 5 rings (SSSR count). The molecule has 0 spiro atoms. The summed E-state index contributed by atoms with van der Waals surface area (Å²) in [4.78, 5) is 0. The maximum Gasteiger partial charge on any atom is 0.271 e. The molecule has 162 valence electrons. The Morgan fingerprint density at radius 2 is 1.90 bits per heavy atom. The predicted octanol–water partition coefficient (Wildman–Crippen LogP) is 6.99. The molecule has 1 atom stereocenters. The zero-order valence-electron chi connectivity index (χ0n) is 18.1. The Balaban J connectivity index is 1.68. The summed E-state index contributed by atoms with van der Waals surface area (Å²) in [5.74, 6) is 1.64. The Kier molecular flexibility index (Phi) is 4.90. The van der Waals surface area contributed by atoms with Crippen molar-refractivity contribution in [1.29, 1.82) is 0 Å². The van der Waals surface area contributed by atoms with Crippen LogP contribution in [0.1, 0.15) is 44.9 Å². The first-order valence-electron chi connectivity index (χ1n) is 10.8. The van der Waals surface area contributed by atoms with Gasteiger partial charge in [-0.2, -0.15) is 0 Å². The molecule has 2 aromatic carbocycles. The molecule has 2 aromatic heterocycles. The summed E-state index contributed by atoms with van der Waals surface area (Å²) < 4.78 is 35.5. The van der Waals surface area contributed by atoms with E-state index in [-0.39, 0.29) is 5.41 Å². The van der Waals surface area contributed by atoms with Crippen LogP contribution in [0.5, 0.6) is 0 Å². The van der Waals surface area contributed by atoms with Gasteiger partial charge in [0.25, 0.3) is 10.0 Å². The number of rotatable bonds is 5. The number of nitrogens with one attached hydrogen (secondary N) is 1. The second kappa shape index (κ2) is 7.38. The van der Waals surface area contributed by atoms with Gasteiger partial charge < -0.3 is 4.42 Å². The third-order valence-electron chi connectivity index (χ3n) is 7.07. The molecule has 0 bridgehead atoms. The SMILES string of the molecule is CCC(C)(C)[C@H]1CCc2oc3c(cc(NS(=O)(=O)c4cccs4)c4ccccc43)c2C1. The Morgan fingerprint density at radius 1 is 1.13 bits per heavy atom. The lowest BCUT2D eigenvalue weighted by Crippen LogP contribution is -2.28. The minimum Gasteiger partial charge on any atom is -0.460 e. The fraction of sp³-hybridized carbons (Fsp3) is 0.360. The number of sulfonamides is 1. The first kappa shape index (κ1) is 20.6. The molecule has 1 N–H and O–H groups in total.